The Morgan fingerprint density at radius 1 is 1.39 bits per heavy atom. The van der Waals surface area contributed by atoms with E-state index in [0.717, 1.165) is 12.2 Å². The molecule has 0 saturated heterocycles. The van der Waals surface area contributed by atoms with Crippen molar-refractivity contribution < 1.29 is 9.15 Å². The molecule has 0 saturated carbocycles. The van der Waals surface area contributed by atoms with Gasteiger partial charge in [-0.05, 0) is 24.1 Å². The predicted octanol–water partition coefficient (Wildman–Crippen LogP) is 2.47. The van der Waals surface area contributed by atoms with E-state index >= 15 is 0 Å². The van der Waals surface area contributed by atoms with E-state index in [1.165, 1.54) is 5.56 Å². The van der Waals surface area contributed by atoms with Crippen LogP contribution in [0.4, 0.5) is 6.01 Å². The Bertz CT molecular complexity index is 502. The van der Waals surface area contributed by atoms with Crippen molar-refractivity contribution in [2.75, 3.05) is 19.0 Å². The molecule has 0 aliphatic heterocycles. The number of hydrogen-bond donors (Lipinski definition) is 1. The van der Waals surface area contributed by atoms with Crippen LogP contribution in [0.15, 0.2) is 28.7 Å². The van der Waals surface area contributed by atoms with Gasteiger partial charge in [0.2, 0.25) is 5.89 Å². The minimum Gasteiger partial charge on any atom is -0.497 e. The first-order valence-corrected chi connectivity index (χ1v) is 6.10. The number of rotatable bonds is 6. The Balaban J connectivity index is 1.84. The maximum atomic E-state index is 5.57. The fourth-order valence-electron chi connectivity index (χ4n) is 1.52. The molecule has 0 spiro atoms. The van der Waals surface area contributed by atoms with Crippen molar-refractivity contribution in [3.63, 3.8) is 0 Å². The summed E-state index contributed by atoms with van der Waals surface area (Å²) in [5.74, 6) is 1.50. The molecule has 96 valence electrons. The molecule has 2 aromatic rings. The number of benzene rings is 1. The Labute approximate surface area is 110 Å². The lowest BCUT2D eigenvalue weighted by atomic mass is 10.1. The highest BCUT2D eigenvalue weighted by Gasteiger charge is 2.03. The van der Waals surface area contributed by atoms with Crippen LogP contribution in [0.2, 0.25) is 0 Å². The lowest BCUT2D eigenvalue weighted by Gasteiger charge is -2.04. The summed E-state index contributed by atoms with van der Waals surface area (Å²) in [4.78, 5) is 0. The number of halogens is 1. The van der Waals surface area contributed by atoms with Crippen LogP contribution in [0.25, 0.3) is 0 Å². The number of hydrogen-bond acceptors (Lipinski definition) is 5. The second kappa shape index (κ2) is 6.26. The van der Waals surface area contributed by atoms with Crippen LogP contribution in [0.5, 0.6) is 5.75 Å². The van der Waals surface area contributed by atoms with E-state index in [1.54, 1.807) is 7.11 Å². The molecule has 0 aliphatic rings. The fourth-order valence-corrected chi connectivity index (χ4v) is 1.63. The van der Waals surface area contributed by atoms with Gasteiger partial charge in [0.1, 0.15) is 11.6 Å². The van der Waals surface area contributed by atoms with Gasteiger partial charge in [-0.1, -0.05) is 17.2 Å². The molecule has 5 nitrogen and oxygen atoms in total. The molecule has 6 heteroatoms. The van der Waals surface area contributed by atoms with Gasteiger partial charge in [-0.25, -0.2) is 0 Å². The Morgan fingerprint density at radius 3 is 3.00 bits per heavy atom. The third-order valence-electron chi connectivity index (χ3n) is 2.41. The molecule has 0 radical (unpaired) electrons. The average Bonchev–Trinajstić information content (AvgIpc) is 2.87. The summed E-state index contributed by atoms with van der Waals surface area (Å²) in [6, 6.07) is 8.32. The molecular formula is C12H14ClN3O2. The second-order valence-electron chi connectivity index (χ2n) is 3.66. The third kappa shape index (κ3) is 3.37. The molecule has 0 bridgehead atoms. The zero-order chi connectivity index (χ0) is 12.8. The average molecular weight is 268 g/mol. The highest BCUT2D eigenvalue weighted by atomic mass is 35.5. The van der Waals surface area contributed by atoms with E-state index in [4.69, 9.17) is 20.8 Å². The number of alkyl halides is 1. The summed E-state index contributed by atoms with van der Waals surface area (Å²) in [7, 11) is 1.66. The van der Waals surface area contributed by atoms with Gasteiger partial charge in [0.15, 0.2) is 0 Å². The highest BCUT2D eigenvalue weighted by Crippen LogP contribution is 2.13. The molecule has 18 heavy (non-hydrogen) atoms. The van der Waals surface area contributed by atoms with E-state index < -0.39 is 0 Å². The van der Waals surface area contributed by atoms with Crippen molar-refractivity contribution in [1.29, 1.82) is 0 Å². The molecule has 1 N–H and O–H groups in total. The van der Waals surface area contributed by atoms with Gasteiger partial charge in [0.05, 0.1) is 7.11 Å². The van der Waals surface area contributed by atoms with Crippen LogP contribution in [0.1, 0.15) is 11.5 Å². The molecule has 1 aromatic heterocycles. The van der Waals surface area contributed by atoms with Crippen LogP contribution in [-0.4, -0.2) is 23.9 Å². The van der Waals surface area contributed by atoms with E-state index in [-0.39, 0.29) is 5.88 Å². The van der Waals surface area contributed by atoms with Gasteiger partial charge < -0.3 is 14.5 Å². The van der Waals surface area contributed by atoms with Crippen LogP contribution in [0, 0.1) is 0 Å². The lowest BCUT2D eigenvalue weighted by Crippen LogP contribution is -2.05. The molecule has 2 rings (SSSR count). The third-order valence-corrected chi connectivity index (χ3v) is 2.63. The predicted molar refractivity (Wildman–Crippen MR) is 69.0 cm³/mol. The van der Waals surface area contributed by atoms with Crippen molar-refractivity contribution in [1.82, 2.24) is 10.2 Å². The molecule has 1 heterocycles. The largest absolute Gasteiger partial charge is 0.497 e. The molecule has 0 unspecified atom stereocenters. The first-order chi connectivity index (χ1) is 8.81. The molecule has 0 aliphatic carbocycles. The van der Waals surface area contributed by atoms with Crippen LogP contribution >= 0.6 is 11.6 Å². The normalized spacial score (nSPS) is 10.3. The molecule has 0 fully saturated rings. The first-order valence-electron chi connectivity index (χ1n) is 5.57. The Morgan fingerprint density at radius 2 is 2.28 bits per heavy atom. The van der Waals surface area contributed by atoms with Crippen molar-refractivity contribution in [2.24, 2.45) is 0 Å². The zero-order valence-corrected chi connectivity index (χ0v) is 10.8. The maximum Gasteiger partial charge on any atom is 0.315 e. The standard InChI is InChI=1S/C12H14ClN3O2/c1-17-10-4-2-3-9(7-10)5-6-14-12-16-15-11(8-13)18-12/h2-4,7H,5-6,8H2,1H3,(H,14,16). The summed E-state index contributed by atoms with van der Waals surface area (Å²) in [6.07, 6.45) is 0.843. The minimum absolute atomic E-state index is 0.227. The Hall–Kier alpha value is -1.75. The van der Waals surface area contributed by atoms with Crippen molar-refractivity contribution >= 4 is 17.6 Å². The van der Waals surface area contributed by atoms with Crippen LogP contribution < -0.4 is 10.1 Å². The van der Waals surface area contributed by atoms with E-state index in [1.807, 2.05) is 24.3 Å². The van der Waals surface area contributed by atoms with Gasteiger partial charge >= 0.3 is 6.01 Å². The van der Waals surface area contributed by atoms with Gasteiger partial charge in [-0.3, -0.25) is 0 Å². The van der Waals surface area contributed by atoms with Gasteiger partial charge in [0, 0.05) is 6.54 Å². The summed E-state index contributed by atoms with van der Waals surface area (Å²) >= 11 is 5.57. The minimum atomic E-state index is 0.227. The van der Waals surface area contributed by atoms with Crippen molar-refractivity contribution in [3.8, 4) is 5.75 Å². The van der Waals surface area contributed by atoms with Gasteiger partial charge in [-0.2, -0.15) is 0 Å². The van der Waals surface area contributed by atoms with E-state index in [2.05, 4.69) is 15.5 Å². The number of aromatic nitrogens is 2. The zero-order valence-electron chi connectivity index (χ0n) is 10.0. The van der Waals surface area contributed by atoms with E-state index in [0.29, 0.717) is 18.5 Å². The van der Waals surface area contributed by atoms with Crippen LogP contribution in [-0.2, 0) is 12.3 Å². The van der Waals surface area contributed by atoms with Gasteiger partial charge in [0.25, 0.3) is 0 Å². The highest BCUT2D eigenvalue weighted by molar-refractivity contribution is 6.16. The number of ether oxygens (including phenoxy) is 1. The summed E-state index contributed by atoms with van der Waals surface area (Å²) < 4.78 is 10.4. The Kier molecular flexibility index (Phi) is 4.41. The first kappa shape index (κ1) is 12.7. The number of anilines is 1. The molecular weight excluding hydrogens is 254 g/mol. The van der Waals surface area contributed by atoms with Gasteiger partial charge in [-0.15, -0.1) is 16.7 Å². The summed E-state index contributed by atoms with van der Waals surface area (Å²) in [5.41, 5.74) is 1.18. The number of methoxy groups -OCH3 is 1. The molecule has 0 amide bonds. The van der Waals surface area contributed by atoms with Crippen LogP contribution in [0.3, 0.4) is 0 Å². The molecule has 0 atom stereocenters. The number of nitrogens with zero attached hydrogens (tertiary/aromatic N) is 2. The smallest absolute Gasteiger partial charge is 0.315 e. The topological polar surface area (TPSA) is 60.2 Å². The quantitative estimate of drug-likeness (QED) is 0.815. The summed E-state index contributed by atoms with van der Waals surface area (Å²) in [6.45, 7) is 0.705. The van der Waals surface area contributed by atoms with Crippen molar-refractivity contribution in [3.05, 3.63) is 35.7 Å². The SMILES string of the molecule is COc1cccc(CCNc2nnc(CCl)o2)c1. The maximum absolute atomic E-state index is 5.57. The number of nitrogens with one attached hydrogen (secondary N) is 1. The monoisotopic (exact) mass is 267 g/mol. The fraction of sp³-hybridized carbons (Fsp3) is 0.333. The lowest BCUT2D eigenvalue weighted by molar-refractivity contribution is 0.414. The van der Waals surface area contributed by atoms with Crippen molar-refractivity contribution in [2.45, 2.75) is 12.3 Å². The molecule has 1 aromatic carbocycles. The summed E-state index contributed by atoms with van der Waals surface area (Å²) in [5, 5.41) is 10.6. The van der Waals surface area contributed by atoms with E-state index in [9.17, 15) is 0 Å². The second-order valence-corrected chi connectivity index (χ2v) is 3.93.